The van der Waals surface area contributed by atoms with Crippen molar-refractivity contribution in [1.82, 2.24) is 14.9 Å². The number of aromatic amines is 1. The molecule has 4 aliphatic rings. The highest BCUT2D eigenvalue weighted by Crippen LogP contribution is 2.55. The maximum atomic E-state index is 13.7. The minimum absolute atomic E-state index is 0.0466. The first kappa shape index (κ1) is 44.4. The number of aryl methyl sites for hydroxylation is 1. The van der Waals surface area contributed by atoms with Crippen molar-refractivity contribution in [3.63, 3.8) is 0 Å². The topological polar surface area (TPSA) is 249 Å². The Kier molecular flexibility index (Phi) is 11.4. The maximum Gasteiger partial charge on any atom is 0.226 e. The lowest BCUT2D eigenvalue weighted by Gasteiger charge is -2.51. The predicted molar refractivity (Wildman–Crippen MR) is 241 cm³/mol. The average Bonchev–Trinajstić information content (AvgIpc) is 4.01. The minimum Gasteiger partial charge on any atom is -0.508 e. The number of nitrogens with one attached hydrogen (secondary N) is 2. The SMILES string of the molecule is Cc1cc(=O)c2cc3c(c(-n4cc5cc[nH]c5c4)c2o1)O[C@@]1(CCC[C@@H]([C@@H]2CNC(=O)C24CCCCC4)C1)[C@H](OOC[C@@](O)(Cc1ccc(O)c2ccc(O)cc12)[C@@H](O)[C@H](O)[C@H](O)CO)C3. The number of aliphatic hydroxyl groups excluding tert-OH is 4. The van der Waals surface area contributed by atoms with E-state index in [2.05, 4.69) is 10.3 Å². The molecule has 2 aliphatic carbocycles. The lowest BCUT2D eigenvalue weighted by molar-refractivity contribution is -0.375. The van der Waals surface area contributed by atoms with Crippen molar-refractivity contribution >= 4 is 38.6 Å². The van der Waals surface area contributed by atoms with E-state index in [-0.39, 0.29) is 41.1 Å². The first-order valence-electron chi connectivity index (χ1n) is 23.0. The van der Waals surface area contributed by atoms with Gasteiger partial charge in [-0.1, -0.05) is 25.3 Å². The summed E-state index contributed by atoms with van der Waals surface area (Å²) >= 11 is 0. The maximum absolute atomic E-state index is 13.7. The second-order valence-corrected chi connectivity index (χ2v) is 19.4. The van der Waals surface area contributed by atoms with Gasteiger partial charge in [0.05, 0.1) is 22.9 Å². The Morgan fingerprint density at radius 1 is 0.955 bits per heavy atom. The van der Waals surface area contributed by atoms with Crippen LogP contribution in [0.4, 0.5) is 0 Å². The van der Waals surface area contributed by atoms with Gasteiger partial charge < -0.3 is 59.8 Å². The summed E-state index contributed by atoms with van der Waals surface area (Å²) in [4.78, 5) is 43.2. The first-order valence-corrected chi connectivity index (χ1v) is 23.0. The zero-order valence-electron chi connectivity index (χ0n) is 36.7. The molecular weight excluding hydrogens is 851 g/mol. The summed E-state index contributed by atoms with van der Waals surface area (Å²) in [6.45, 7) is 0.609. The molecule has 2 saturated carbocycles. The van der Waals surface area contributed by atoms with Gasteiger partial charge in [0.15, 0.2) is 16.8 Å². The Bertz CT molecular complexity index is 2830. The molecule has 16 nitrogen and oxygen atoms in total. The zero-order valence-corrected chi connectivity index (χ0v) is 36.7. The van der Waals surface area contributed by atoms with E-state index in [1.165, 1.54) is 36.4 Å². The van der Waals surface area contributed by atoms with Crippen molar-refractivity contribution in [2.24, 2.45) is 17.3 Å². The summed E-state index contributed by atoms with van der Waals surface area (Å²) in [5, 5.41) is 81.4. The Balaban J connectivity index is 1.05. The number of phenols is 2. The average molecular weight is 908 g/mol. The molecule has 16 heteroatoms. The van der Waals surface area contributed by atoms with E-state index in [1.807, 2.05) is 29.2 Å². The molecule has 1 amide bonds. The largest absolute Gasteiger partial charge is 0.508 e. The van der Waals surface area contributed by atoms with Crippen molar-refractivity contribution in [2.45, 2.75) is 113 Å². The predicted octanol–water partition coefficient (Wildman–Crippen LogP) is 4.86. The van der Waals surface area contributed by atoms with Crippen LogP contribution < -0.4 is 15.5 Å². The number of aromatic nitrogens is 2. The third kappa shape index (κ3) is 7.52. The molecule has 3 aromatic heterocycles. The molecule has 3 aromatic carbocycles. The van der Waals surface area contributed by atoms with Crippen LogP contribution in [0, 0.1) is 24.2 Å². The number of benzene rings is 3. The van der Waals surface area contributed by atoms with Gasteiger partial charge in [-0.15, -0.1) is 0 Å². The second-order valence-electron chi connectivity index (χ2n) is 19.4. The number of hydrogen-bond acceptors (Lipinski definition) is 13. The van der Waals surface area contributed by atoms with E-state index in [0.29, 0.717) is 69.5 Å². The van der Waals surface area contributed by atoms with Crippen LogP contribution in [0.2, 0.25) is 0 Å². The van der Waals surface area contributed by atoms with Gasteiger partial charge in [0.2, 0.25) is 5.91 Å². The zero-order chi connectivity index (χ0) is 46.1. The highest BCUT2D eigenvalue weighted by atomic mass is 17.2. The number of phenolic OH excluding ortho intramolecular Hbond substituents is 2. The molecule has 6 aromatic rings. The molecule has 2 spiro atoms. The van der Waals surface area contributed by atoms with Gasteiger partial charge in [0.1, 0.15) is 65.2 Å². The molecule has 0 bridgehead atoms. The molecule has 350 valence electrons. The van der Waals surface area contributed by atoms with Crippen molar-refractivity contribution in [2.75, 3.05) is 19.8 Å². The molecule has 0 unspecified atom stereocenters. The normalized spacial score (nSPS) is 25.2. The Hall–Kier alpha value is -5.46. The summed E-state index contributed by atoms with van der Waals surface area (Å²) in [7, 11) is 0. The number of nitrogens with zero attached hydrogens (tertiary/aromatic N) is 1. The van der Waals surface area contributed by atoms with Gasteiger partial charge in [-0.2, -0.15) is 0 Å². The van der Waals surface area contributed by atoms with Crippen LogP contribution in [0.5, 0.6) is 17.2 Å². The van der Waals surface area contributed by atoms with Crippen molar-refractivity contribution in [3.8, 4) is 22.9 Å². The summed E-state index contributed by atoms with van der Waals surface area (Å²) in [5.41, 5.74) is -1.42. The van der Waals surface area contributed by atoms with Gasteiger partial charge >= 0.3 is 0 Å². The van der Waals surface area contributed by atoms with Crippen LogP contribution in [0.1, 0.15) is 74.7 Å². The molecule has 66 heavy (non-hydrogen) atoms. The molecule has 0 radical (unpaired) electrons. The third-order valence-electron chi connectivity index (χ3n) is 15.3. The number of aliphatic hydroxyl groups is 5. The summed E-state index contributed by atoms with van der Waals surface area (Å²) in [6, 6.07) is 12.4. The first-order chi connectivity index (χ1) is 31.7. The monoisotopic (exact) mass is 907 g/mol. The van der Waals surface area contributed by atoms with E-state index >= 15 is 0 Å². The van der Waals surface area contributed by atoms with E-state index in [4.69, 9.17) is 18.9 Å². The van der Waals surface area contributed by atoms with Crippen LogP contribution >= 0.6 is 0 Å². The van der Waals surface area contributed by atoms with Crippen LogP contribution in [0.15, 0.2) is 76.3 Å². The van der Waals surface area contributed by atoms with Crippen molar-refractivity contribution in [1.29, 1.82) is 0 Å². The molecule has 1 saturated heterocycles. The van der Waals surface area contributed by atoms with Gasteiger partial charge in [-0.05, 0) is 105 Å². The van der Waals surface area contributed by atoms with E-state index in [9.17, 15) is 45.3 Å². The van der Waals surface area contributed by atoms with Crippen LogP contribution in [0.3, 0.4) is 0 Å². The van der Waals surface area contributed by atoms with Crippen LogP contribution in [-0.2, 0) is 27.4 Å². The molecule has 5 heterocycles. The van der Waals surface area contributed by atoms with E-state index in [1.54, 1.807) is 13.0 Å². The minimum atomic E-state index is -2.40. The molecule has 2 aliphatic heterocycles. The molecule has 9 N–H and O–H groups in total. The number of aromatic hydroxyl groups is 2. The number of carbonyl (C=O) groups is 1. The fraction of sp³-hybridized carbons (Fsp3) is 0.480. The lowest BCUT2D eigenvalue weighted by Crippen LogP contribution is -2.59. The van der Waals surface area contributed by atoms with Gasteiger partial charge in [0, 0.05) is 60.4 Å². The quantitative estimate of drug-likeness (QED) is 0.0589. The van der Waals surface area contributed by atoms with E-state index < -0.39 is 60.7 Å². The third-order valence-corrected chi connectivity index (χ3v) is 15.3. The molecule has 10 rings (SSSR count). The van der Waals surface area contributed by atoms with Gasteiger partial charge in [-0.3, -0.25) is 9.59 Å². The standard InChI is InChI=1S/C50H57N3O13/c1-27-16-39(57)35-17-31-18-41(66-63-26-49(62,46(60)43(59)40(58)25-54)20-28-7-10-38(56)33-9-8-32(55)19-34(28)33)50(65-44(31)42(45(35)64-27)53-23-30-11-15-51-37(30)24-53)14-5-6-29(21-50)36-22-52-47(61)48(36)12-3-2-4-13-48/h7-11,15-17,19,23-24,29,36,40-41,43,46,51,54-56,58-60,62H,2-6,12-14,18,20-22,25-26H2,1H3,(H,52,61)/t29-,36+,40-,41-,43-,46+,49+,50-/m1/s1. The smallest absolute Gasteiger partial charge is 0.226 e. The lowest BCUT2D eigenvalue weighted by atomic mass is 9.59. The number of amides is 1. The van der Waals surface area contributed by atoms with Gasteiger partial charge in [0.25, 0.3) is 0 Å². The Morgan fingerprint density at radius 3 is 2.56 bits per heavy atom. The summed E-state index contributed by atoms with van der Waals surface area (Å²) < 4.78 is 15.7. The van der Waals surface area contributed by atoms with Crippen molar-refractivity contribution in [3.05, 3.63) is 94.2 Å². The number of hydrogen-bond donors (Lipinski definition) is 9. The molecule has 8 atom stereocenters. The highest BCUT2D eigenvalue weighted by molar-refractivity contribution is 5.93. The fourth-order valence-corrected chi connectivity index (χ4v) is 11.9. The summed E-state index contributed by atoms with van der Waals surface area (Å²) in [5.74, 6) is 0.950. The van der Waals surface area contributed by atoms with Crippen LogP contribution in [-0.4, -0.2) is 107 Å². The number of H-pyrrole nitrogens is 1. The number of rotatable bonds is 12. The fourth-order valence-electron chi connectivity index (χ4n) is 11.9. The Labute approximate surface area is 379 Å². The highest BCUT2D eigenvalue weighted by Gasteiger charge is 2.58. The van der Waals surface area contributed by atoms with Gasteiger partial charge in [-0.25, -0.2) is 9.78 Å². The number of ether oxygens (including phenoxy) is 1. The second kappa shape index (κ2) is 17.0. The number of fused-ring (bicyclic) bond motifs is 4. The number of carbonyl (C=O) groups excluding carboxylic acids is 1. The molecule has 3 fully saturated rings. The molecular formula is C50H57N3O13. The Morgan fingerprint density at radius 2 is 1.77 bits per heavy atom. The van der Waals surface area contributed by atoms with E-state index in [0.717, 1.165) is 55.8 Å². The summed E-state index contributed by atoms with van der Waals surface area (Å²) in [6.07, 6.45) is 5.94. The van der Waals surface area contributed by atoms with Crippen molar-refractivity contribution < 1.29 is 59.5 Å². The van der Waals surface area contributed by atoms with Crippen LogP contribution in [0.25, 0.3) is 38.3 Å².